The average Bonchev–Trinajstić information content (AvgIpc) is 2.40. The van der Waals surface area contributed by atoms with E-state index in [1.165, 1.54) is 6.20 Å². The fourth-order valence-corrected chi connectivity index (χ4v) is 2.42. The van der Waals surface area contributed by atoms with Crippen LogP contribution in [0.25, 0.3) is 0 Å². The van der Waals surface area contributed by atoms with Crippen molar-refractivity contribution in [3.8, 4) is 0 Å². The molecule has 2 rings (SSSR count). The summed E-state index contributed by atoms with van der Waals surface area (Å²) in [4.78, 5) is 3.77. The van der Waals surface area contributed by atoms with Gasteiger partial charge in [-0.2, -0.15) is 13.2 Å². The first kappa shape index (κ1) is 15.0. The minimum atomic E-state index is -4.45. The number of nitrogens with zero attached hydrogens (tertiary/aromatic N) is 1. The number of hydrogen-bond acceptors (Lipinski definition) is 2. The molecule has 1 aromatic carbocycles. The summed E-state index contributed by atoms with van der Waals surface area (Å²) in [6, 6.07) is 5.35. The SMILES string of the molecule is Cc1c(Br)cccc1C(N)c1cnccc1C(F)(F)F. The Kier molecular flexibility index (Phi) is 4.15. The zero-order valence-corrected chi connectivity index (χ0v) is 12.2. The lowest BCUT2D eigenvalue weighted by Gasteiger charge is -2.20. The highest BCUT2D eigenvalue weighted by Gasteiger charge is 2.35. The lowest BCUT2D eigenvalue weighted by Crippen LogP contribution is -2.19. The number of benzene rings is 1. The van der Waals surface area contributed by atoms with E-state index in [1.807, 2.05) is 13.0 Å². The van der Waals surface area contributed by atoms with E-state index in [0.717, 1.165) is 22.3 Å². The molecule has 0 aliphatic heterocycles. The number of halogens is 4. The van der Waals surface area contributed by atoms with Crippen molar-refractivity contribution in [1.29, 1.82) is 0 Å². The summed E-state index contributed by atoms with van der Waals surface area (Å²) in [6.45, 7) is 1.81. The van der Waals surface area contributed by atoms with Crippen LogP contribution in [0.15, 0.2) is 41.1 Å². The summed E-state index contributed by atoms with van der Waals surface area (Å²) in [5, 5.41) is 0. The third-order valence-electron chi connectivity index (χ3n) is 3.14. The van der Waals surface area contributed by atoms with Gasteiger partial charge in [0.2, 0.25) is 0 Å². The first-order valence-corrected chi connectivity index (χ1v) is 6.63. The van der Waals surface area contributed by atoms with Crippen LogP contribution in [0.1, 0.15) is 28.3 Å². The van der Waals surface area contributed by atoms with Gasteiger partial charge < -0.3 is 5.73 Å². The van der Waals surface area contributed by atoms with Crippen LogP contribution < -0.4 is 5.73 Å². The molecule has 0 fully saturated rings. The molecule has 1 aromatic heterocycles. The summed E-state index contributed by atoms with van der Waals surface area (Å²) in [7, 11) is 0. The van der Waals surface area contributed by atoms with Gasteiger partial charge in [0.15, 0.2) is 0 Å². The molecule has 6 heteroatoms. The molecule has 0 amide bonds. The van der Waals surface area contributed by atoms with Crippen LogP contribution in [-0.4, -0.2) is 4.98 Å². The van der Waals surface area contributed by atoms with E-state index in [2.05, 4.69) is 20.9 Å². The van der Waals surface area contributed by atoms with Crippen molar-refractivity contribution in [2.75, 3.05) is 0 Å². The number of pyridine rings is 1. The Balaban J connectivity index is 2.55. The van der Waals surface area contributed by atoms with E-state index < -0.39 is 17.8 Å². The average molecular weight is 345 g/mol. The van der Waals surface area contributed by atoms with E-state index in [1.54, 1.807) is 12.1 Å². The lowest BCUT2D eigenvalue weighted by molar-refractivity contribution is -0.138. The normalized spacial score (nSPS) is 13.3. The van der Waals surface area contributed by atoms with Crippen molar-refractivity contribution in [2.24, 2.45) is 5.73 Å². The van der Waals surface area contributed by atoms with Crippen LogP contribution in [0.2, 0.25) is 0 Å². The fraction of sp³-hybridized carbons (Fsp3) is 0.214. The molecular weight excluding hydrogens is 333 g/mol. The van der Waals surface area contributed by atoms with Crippen molar-refractivity contribution in [2.45, 2.75) is 19.1 Å². The van der Waals surface area contributed by atoms with Gasteiger partial charge in [0, 0.05) is 22.4 Å². The molecule has 1 heterocycles. The van der Waals surface area contributed by atoms with Crippen LogP contribution in [0.3, 0.4) is 0 Å². The molecule has 2 nitrogen and oxygen atoms in total. The van der Waals surface area contributed by atoms with Gasteiger partial charge in [-0.3, -0.25) is 4.98 Å². The molecule has 0 saturated heterocycles. The zero-order chi connectivity index (χ0) is 14.9. The largest absolute Gasteiger partial charge is 0.416 e. The zero-order valence-electron chi connectivity index (χ0n) is 10.6. The maximum atomic E-state index is 13.0. The molecule has 1 atom stereocenters. The molecule has 0 spiro atoms. The highest BCUT2D eigenvalue weighted by atomic mass is 79.9. The van der Waals surface area contributed by atoms with Crippen molar-refractivity contribution in [1.82, 2.24) is 4.98 Å². The van der Waals surface area contributed by atoms with Crippen LogP contribution in [0.5, 0.6) is 0 Å². The van der Waals surface area contributed by atoms with Gasteiger partial charge in [-0.1, -0.05) is 28.1 Å². The smallest absolute Gasteiger partial charge is 0.320 e. The summed E-state index contributed by atoms with van der Waals surface area (Å²) in [5.74, 6) is 0. The Morgan fingerprint density at radius 3 is 2.55 bits per heavy atom. The molecule has 0 bridgehead atoms. The standard InChI is InChI=1S/C14H12BrF3N2/c1-8-9(3-2-4-12(8)15)13(19)10-7-20-6-5-11(10)14(16,17)18/h2-7,13H,19H2,1H3. The highest BCUT2D eigenvalue weighted by molar-refractivity contribution is 9.10. The molecule has 1 unspecified atom stereocenters. The van der Waals surface area contributed by atoms with Crippen LogP contribution in [0.4, 0.5) is 13.2 Å². The molecule has 0 aliphatic carbocycles. The Bertz CT molecular complexity index is 626. The van der Waals surface area contributed by atoms with Gasteiger partial charge >= 0.3 is 6.18 Å². The first-order chi connectivity index (χ1) is 9.32. The Morgan fingerprint density at radius 2 is 1.90 bits per heavy atom. The van der Waals surface area contributed by atoms with Crippen molar-refractivity contribution >= 4 is 15.9 Å². The molecule has 20 heavy (non-hydrogen) atoms. The third kappa shape index (κ3) is 2.86. The third-order valence-corrected chi connectivity index (χ3v) is 4.00. The number of aromatic nitrogens is 1. The second-order valence-corrected chi connectivity index (χ2v) is 5.25. The van der Waals surface area contributed by atoms with E-state index >= 15 is 0 Å². The van der Waals surface area contributed by atoms with Crippen molar-refractivity contribution < 1.29 is 13.2 Å². The van der Waals surface area contributed by atoms with Gasteiger partial charge in [-0.15, -0.1) is 0 Å². The molecule has 2 aromatic rings. The molecular formula is C14H12BrF3N2. The first-order valence-electron chi connectivity index (χ1n) is 5.84. The minimum absolute atomic E-state index is 0.0267. The number of rotatable bonds is 2. The van der Waals surface area contributed by atoms with Gasteiger partial charge in [-0.05, 0) is 30.2 Å². The fourth-order valence-electron chi connectivity index (χ4n) is 2.04. The number of nitrogens with two attached hydrogens (primary N) is 1. The maximum absolute atomic E-state index is 13.0. The van der Waals surface area contributed by atoms with Gasteiger partial charge in [0.1, 0.15) is 0 Å². The summed E-state index contributed by atoms with van der Waals surface area (Å²) in [6.07, 6.45) is -2.16. The Hall–Kier alpha value is -1.40. The van der Waals surface area contributed by atoms with Crippen LogP contribution >= 0.6 is 15.9 Å². The van der Waals surface area contributed by atoms with E-state index in [0.29, 0.717) is 5.56 Å². The molecule has 0 saturated carbocycles. The van der Waals surface area contributed by atoms with Gasteiger partial charge in [-0.25, -0.2) is 0 Å². The number of alkyl halides is 3. The maximum Gasteiger partial charge on any atom is 0.416 e. The summed E-state index contributed by atoms with van der Waals surface area (Å²) < 4.78 is 39.8. The second-order valence-electron chi connectivity index (χ2n) is 4.39. The van der Waals surface area contributed by atoms with Crippen LogP contribution in [0, 0.1) is 6.92 Å². The molecule has 2 N–H and O–H groups in total. The predicted octanol–water partition coefficient (Wildman–Crippen LogP) is 4.22. The Labute approximate surface area is 123 Å². The quantitative estimate of drug-likeness (QED) is 0.885. The van der Waals surface area contributed by atoms with Crippen molar-refractivity contribution in [3.63, 3.8) is 0 Å². The minimum Gasteiger partial charge on any atom is -0.320 e. The predicted molar refractivity (Wildman–Crippen MR) is 74.1 cm³/mol. The van der Waals surface area contributed by atoms with E-state index in [4.69, 9.17) is 5.73 Å². The lowest BCUT2D eigenvalue weighted by atomic mass is 9.94. The van der Waals surface area contributed by atoms with Crippen molar-refractivity contribution in [3.05, 3.63) is 63.4 Å². The number of hydrogen-bond donors (Lipinski definition) is 1. The highest BCUT2D eigenvalue weighted by Crippen LogP contribution is 2.36. The summed E-state index contributed by atoms with van der Waals surface area (Å²) in [5.41, 5.74) is 6.70. The Morgan fingerprint density at radius 1 is 1.20 bits per heavy atom. The van der Waals surface area contributed by atoms with Gasteiger partial charge in [0.05, 0.1) is 11.6 Å². The van der Waals surface area contributed by atoms with Crippen LogP contribution in [-0.2, 0) is 6.18 Å². The molecule has 0 aliphatic rings. The van der Waals surface area contributed by atoms with E-state index in [-0.39, 0.29) is 5.56 Å². The molecule has 0 radical (unpaired) electrons. The second kappa shape index (κ2) is 5.54. The monoisotopic (exact) mass is 344 g/mol. The summed E-state index contributed by atoms with van der Waals surface area (Å²) >= 11 is 3.35. The topological polar surface area (TPSA) is 38.9 Å². The van der Waals surface area contributed by atoms with Gasteiger partial charge in [0.25, 0.3) is 0 Å². The molecule has 106 valence electrons. The van der Waals surface area contributed by atoms with E-state index in [9.17, 15) is 13.2 Å².